The molecule has 1 saturated heterocycles. The highest BCUT2D eigenvalue weighted by molar-refractivity contribution is 7.89. The lowest BCUT2D eigenvalue weighted by atomic mass is 10.2. The van der Waals surface area contributed by atoms with Gasteiger partial charge in [0, 0.05) is 53.5 Å². The Balaban J connectivity index is 1.75. The summed E-state index contributed by atoms with van der Waals surface area (Å²) in [4.78, 5) is 8.79. The number of pyridine rings is 1. The topological polar surface area (TPSA) is 53.5 Å². The zero-order valence-corrected chi connectivity index (χ0v) is 15.2. The van der Waals surface area contributed by atoms with Gasteiger partial charge in [-0.2, -0.15) is 4.31 Å². The Kier molecular flexibility index (Phi) is 4.44. The second-order valence-corrected chi connectivity index (χ2v) is 9.19. The maximum absolute atomic E-state index is 12.8. The molecule has 0 radical (unpaired) electrons. The van der Waals surface area contributed by atoms with Crippen LogP contribution in [0, 0.1) is 20.8 Å². The largest absolute Gasteiger partial charge is 0.369 e. The number of rotatable bonds is 3. The molecule has 0 aromatic carbocycles. The van der Waals surface area contributed by atoms with E-state index in [1.54, 1.807) is 16.6 Å². The highest BCUT2D eigenvalue weighted by Gasteiger charge is 2.30. The average molecular weight is 351 g/mol. The molecule has 5 nitrogen and oxygen atoms in total. The van der Waals surface area contributed by atoms with Crippen molar-refractivity contribution in [3.8, 4) is 0 Å². The van der Waals surface area contributed by atoms with Crippen LogP contribution in [0.1, 0.15) is 15.4 Å². The monoisotopic (exact) mass is 351 g/mol. The zero-order valence-electron chi connectivity index (χ0n) is 13.6. The molecule has 0 atom stereocenters. The third-order valence-electron chi connectivity index (χ3n) is 4.10. The highest BCUT2D eigenvalue weighted by atomic mass is 32.2. The van der Waals surface area contributed by atoms with Crippen LogP contribution in [-0.2, 0) is 10.0 Å². The molecule has 0 unspecified atom stereocenters. The smallest absolute Gasteiger partial charge is 0.244 e. The van der Waals surface area contributed by atoms with Gasteiger partial charge in [0.05, 0.1) is 4.90 Å². The second-order valence-electron chi connectivity index (χ2n) is 5.82. The maximum Gasteiger partial charge on any atom is 0.244 e. The first-order chi connectivity index (χ1) is 10.9. The fourth-order valence-electron chi connectivity index (χ4n) is 2.92. The van der Waals surface area contributed by atoms with E-state index >= 15 is 0 Å². The standard InChI is InChI=1S/C16H21N3O2S2/c1-12-10-15(4-5-17-12)18-6-8-19(9-7-18)23(20,21)16-11-13(2)22-14(16)3/h4-5,10-11H,6-9H2,1-3H3. The van der Waals surface area contributed by atoms with Crippen LogP contribution >= 0.6 is 11.3 Å². The molecule has 1 aliphatic rings. The second kappa shape index (κ2) is 6.22. The molecular formula is C16H21N3O2S2. The van der Waals surface area contributed by atoms with Crippen LogP contribution in [0.5, 0.6) is 0 Å². The van der Waals surface area contributed by atoms with Crippen molar-refractivity contribution in [3.05, 3.63) is 39.8 Å². The van der Waals surface area contributed by atoms with Gasteiger partial charge in [-0.1, -0.05) is 0 Å². The maximum atomic E-state index is 12.8. The summed E-state index contributed by atoms with van der Waals surface area (Å²) in [6.07, 6.45) is 1.80. The van der Waals surface area contributed by atoms with Gasteiger partial charge in [-0.05, 0) is 39.0 Å². The van der Waals surface area contributed by atoms with Gasteiger partial charge in [-0.15, -0.1) is 11.3 Å². The van der Waals surface area contributed by atoms with Crippen molar-refractivity contribution in [1.29, 1.82) is 0 Å². The molecule has 0 saturated carbocycles. The Labute approximate surface area is 141 Å². The lowest BCUT2D eigenvalue weighted by Gasteiger charge is -2.35. The van der Waals surface area contributed by atoms with Crippen LogP contribution in [0.25, 0.3) is 0 Å². The summed E-state index contributed by atoms with van der Waals surface area (Å²) in [6, 6.07) is 5.80. The molecule has 0 N–H and O–H groups in total. The van der Waals surface area contributed by atoms with Crippen LogP contribution in [0.3, 0.4) is 0 Å². The van der Waals surface area contributed by atoms with Crippen LogP contribution in [0.4, 0.5) is 5.69 Å². The molecule has 0 spiro atoms. The summed E-state index contributed by atoms with van der Waals surface area (Å²) >= 11 is 1.54. The summed E-state index contributed by atoms with van der Waals surface area (Å²) < 4.78 is 27.2. The van der Waals surface area contributed by atoms with Crippen LogP contribution in [-0.4, -0.2) is 43.9 Å². The molecule has 2 aromatic heterocycles. The highest BCUT2D eigenvalue weighted by Crippen LogP contribution is 2.28. The molecule has 1 aliphatic heterocycles. The first kappa shape index (κ1) is 16.4. The van der Waals surface area contributed by atoms with Crippen molar-refractivity contribution in [2.45, 2.75) is 25.7 Å². The number of aryl methyl sites for hydroxylation is 3. The van der Waals surface area contributed by atoms with Crippen molar-refractivity contribution in [2.24, 2.45) is 0 Å². The predicted molar refractivity (Wildman–Crippen MR) is 93.7 cm³/mol. The molecule has 0 aliphatic carbocycles. The minimum atomic E-state index is -3.38. The molecule has 1 fully saturated rings. The SMILES string of the molecule is Cc1cc(N2CCN(S(=O)(=O)c3cc(C)sc3C)CC2)ccn1. The van der Waals surface area contributed by atoms with Crippen molar-refractivity contribution in [1.82, 2.24) is 9.29 Å². The van der Waals surface area contributed by atoms with Crippen molar-refractivity contribution < 1.29 is 8.42 Å². The number of hydrogen-bond donors (Lipinski definition) is 0. The molecule has 3 rings (SSSR count). The first-order valence-corrected chi connectivity index (χ1v) is 9.88. The van der Waals surface area contributed by atoms with Crippen molar-refractivity contribution >= 4 is 27.0 Å². The number of nitrogens with zero attached hydrogens (tertiary/aromatic N) is 3. The van der Waals surface area contributed by atoms with Gasteiger partial charge in [0.25, 0.3) is 0 Å². The molecule has 0 bridgehead atoms. The summed E-state index contributed by atoms with van der Waals surface area (Å²) in [5.41, 5.74) is 2.08. The van der Waals surface area contributed by atoms with Crippen LogP contribution in [0.15, 0.2) is 29.3 Å². The number of sulfonamides is 1. The summed E-state index contributed by atoms with van der Waals surface area (Å²) in [5, 5.41) is 0. The van der Waals surface area contributed by atoms with E-state index in [0.29, 0.717) is 31.1 Å². The Bertz CT molecular complexity index is 806. The van der Waals surface area contributed by atoms with Gasteiger partial charge < -0.3 is 4.90 Å². The first-order valence-electron chi connectivity index (χ1n) is 7.63. The normalized spacial score (nSPS) is 16.7. The van der Waals surface area contributed by atoms with E-state index in [0.717, 1.165) is 21.1 Å². The fraction of sp³-hybridized carbons (Fsp3) is 0.438. The number of thiophene rings is 1. The Morgan fingerprint density at radius 1 is 1.09 bits per heavy atom. The van der Waals surface area contributed by atoms with E-state index in [1.165, 1.54) is 11.3 Å². The molecule has 3 heterocycles. The minimum absolute atomic E-state index is 0.466. The number of anilines is 1. The van der Waals surface area contributed by atoms with Gasteiger partial charge in [0.2, 0.25) is 10.0 Å². The average Bonchev–Trinajstić information content (AvgIpc) is 2.87. The zero-order chi connectivity index (χ0) is 16.6. The van der Waals surface area contributed by atoms with E-state index < -0.39 is 10.0 Å². The van der Waals surface area contributed by atoms with E-state index in [2.05, 4.69) is 9.88 Å². The molecule has 0 amide bonds. The molecule has 23 heavy (non-hydrogen) atoms. The summed E-state index contributed by atoms with van der Waals surface area (Å²) in [7, 11) is -3.38. The van der Waals surface area contributed by atoms with E-state index in [-0.39, 0.29) is 0 Å². The predicted octanol–water partition coefficient (Wildman–Crippen LogP) is 2.58. The van der Waals surface area contributed by atoms with Gasteiger partial charge in [0.1, 0.15) is 0 Å². The van der Waals surface area contributed by atoms with Crippen molar-refractivity contribution in [2.75, 3.05) is 31.1 Å². The van der Waals surface area contributed by atoms with Gasteiger partial charge in [0.15, 0.2) is 0 Å². The lowest BCUT2D eigenvalue weighted by molar-refractivity contribution is 0.385. The quantitative estimate of drug-likeness (QED) is 0.853. The fourth-order valence-corrected chi connectivity index (χ4v) is 5.86. The van der Waals surface area contributed by atoms with E-state index in [1.807, 2.05) is 32.9 Å². The third-order valence-corrected chi connectivity index (χ3v) is 7.22. The molecule has 7 heteroatoms. The van der Waals surface area contributed by atoms with Gasteiger partial charge >= 0.3 is 0 Å². The number of aromatic nitrogens is 1. The molecule has 124 valence electrons. The Morgan fingerprint density at radius 2 is 1.78 bits per heavy atom. The van der Waals surface area contributed by atoms with Crippen LogP contribution < -0.4 is 4.90 Å². The minimum Gasteiger partial charge on any atom is -0.369 e. The Morgan fingerprint density at radius 3 is 2.35 bits per heavy atom. The third kappa shape index (κ3) is 3.27. The van der Waals surface area contributed by atoms with Gasteiger partial charge in [-0.25, -0.2) is 8.42 Å². The lowest BCUT2D eigenvalue weighted by Crippen LogP contribution is -2.48. The number of piperazine rings is 1. The van der Waals surface area contributed by atoms with E-state index in [4.69, 9.17) is 0 Å². The van der Waals surface area contributed by atoms with Gasteiger partial charge in [-0.3, -0.25) is 4.98 Å². The van der Waals surface area contributed by atoms with Crippen molar-refractivity contribution in [3.63, 3.8) is 0 Å². The summed E-state index contributed by atoms with van der Waals surface area (Å²) in [5.74, 6) is 0. The van der Waals surface area contributed by atoms with E-state index in [9.17, 15) is 8.42 Å². The molecule has 2 aromatic rings. The molecular weight excluding hydrogens is 330 g/mol. The van der Waals surface area contributed by atoms with Crippen LogP contribution in [0.2, 0.25) is 0 Å². The Hall–Kier alpha value is -1.44. The summed E-state index contributed by atoms with van der Waals surface area (Å²) in [6.45, 7) is 8.21. The number of hydrogen-bond acceptors (Lipinski definition) is 5.